The van der Waals surface area contributed by atoms with E-state index in [0.717, 1.165) is 4.90 Å². The second-order valence-electron chi connectivity index (χ2n) is 12.6. The van der Waals surface area contributed by atoms with Crippen LogP contribution in [0.25, 0.3) is 0 Å². The third-order valence-electron chi connectivity index (χ3n) is 8.26. The molecule has 11 nitrogen and oxygen atoms in total. The van der Waals surface area contributed by atoms with Gasteiger partial charge in [0.1, 0.15) is 18.1 Å². The fraction of sp³-hybridized carbons (Fsp3) is 0.333. The zero-order valence-corrected chi connectivity index (χ0v) is 26.5. The summed E-state index contributed by atoms with van der Waals surface area (Å²) in [5, 5.41) is 2.58. The molecule has 3 aromatic rings. The molecular formula is C36H36N2O9. The van der Waals surface area contributed by atoms with Gasteiger partial charge in [0.2, 0.25) is 18.6 Å². The number of ketones is 1. The first-order valence-electron chi connectivity index (χ1n) is 15.3. The number of Topliss-reactive ketones (excluding diaryl/α,β-unsaturated/α-hetero) is 1. The highest BCUT2D eigenvalue weighted by Gasteiger charge is 2.64. The van der Waals surface area contributed by atoms with Crippen molar-refractivity contribution in [2.24, 2.45) is 11.3 Å². The zero-order valence-electron chi connectivity index (χ0n) is 26.5. The first-order valence-corrected chi connectivity index (χ1v) is 15.3. The quantitative estimate of drug-likeness (QED) is 0.152. The van der Waals surface area contributed by atoms with E-state index in [4.69, 9.17) is 14.2 Å². The number of nitrogens with one attached hydrogen (secondary N) is 1. The van der Waals surface area contributed by atoms with E-state index in [0.29, 0.717) is 16.7 Å². The summed E-state index contributed by atoms with van der Waals surface area (Å²) in [4.78, 5) is 80.3. The van der Waals surface area contributed by atoms with Gasteiger partial charge in [0.25, 0.3) is 0 Å². The molecule has 2 saturated heterocycles. The lowest BCUT2D eigenvalue weighted by Crippen LogP contribution is -2.72. The Kier molecular flexibility index (Phi) is 9.55. The van der Waals surface area contributed by atoms with Crippen molar-refractivity contribution in [2.45, 2.75) is 57.8 Å². The summed E-state index contributed by atoms with van der Waals surface area (Å²) in [6, 6.07) is 22.8. The molecule has 5 atom stereocenters. The van der Waals surface area contributed by atoms with Gasteiger partial charge in [-0.25, -0.2) is 4.79 Å². The largest absolute Gasteiger partial charge is 0.452 e. The van der Waals surface area contributed by atoms with Crippen molar-refractivity contribution in [1.29, 1.82) is 0 Å². The van der Waals surface area contributed by atoms with Gasteiger partial charge >= 0.3 is 17.9 Å². The lowest BCUT2D eigenvalue weighted by molar-refractivity contribution is -0.180. The van der Waals surface area contributed by atoms with E-state index in [2.05, 4.69) is 5.32 Å². The number of hydrogen-bond acceptors (Lipinski definition) is 9. The van der Waals surface area contributed by atoms with Crippen LogP contribution >= 0.6 is 0 Å². The van der Waals surface area contributed by atoms with Crippen LogP contribution in [0, 0.1) is 11.3 Å². The SMILES string of the molecule is CC1C(=O)[C@@H]2C(NC(=O)C(C(=O)OC(c3ccccc3)c3ccccc3)c3ccccc3)C(=O)N2C1C(=O)OCOC(=O)C(C)(C)C. The highest BCUT2D eigenvalue weighted by molar-refractivity contribution is 6.13. The van der Waals surface area contributed by atoms with Crippen LogP contribution in [0.3, 0.4) is 0 Å². The van der Waals surface area contributed by atoms with Crippen molar-refractivity contribution in [2.75, 3.05) is 6.79 Å². The molecule has 244 valence electrons. The average Bonchev–Trinajstić information content (AvgIpc) is 3.30. The van der Waals surface area contributed by atoms with Gasteiger partial charge in [0.15, 0.2) is 17.8 Å². The Morgan fingerprint density at radius 3 is 1.81 bits per heavy atom. The molecule has 0 aromatic heterocycles. The van der Waals surface area contributed by atoms with Crippen molar-refractivity contribution in [3.8, 4) is 0 Å². The minimum Gasteiger partial charge on any atom is -0.452 e. The van der Waals surface area contributed by atoms with Crippen LogP contribution in [-0.2, 0) is 43.0 Å². The van der Waals surface area contributed by atoms with E-state index in [1.807, 2.05) is 60.7 Å². The van der Waals surface area contributed by atoms with Gasteiger partial charge < -0.3 is 24.4 Å². The molecule has 2 aliphatic heterocycles. The Morgan fingerprint density at radius 1 is 0.787 bits per heavy atom. The molecule has 2 heterocycles. The van der Waals surface area contributed by atoms with Crippen LogP contribution in [0.2, 0.25) is 0 Å². The number of benzene rings is 3. The molecule has 3 aromatic carbocycles. The van der Waals surface area contributed by atoms with Gasteiger partial charge in [-0.05, 0) is 37.5 Å². The predicted octanol–water partition coefficient (Wildman–Crippen LogP) is 3.48. The van der Waals surface area contributed by atoms with Crippen LogP contribution in [0.1, 0.15) is 56.4 Å². The Hall–Kier alpha value is -5.32. The van der Waals surface area contributed by atoms with Crippen molar-refractivity contribution < 1.29 is 43.0 Å². The molecule has 0 bridgehead atoms. The van der Waals surface area contributed by atoms with Gasteiger partial charge in [0, 0.05) is 5.92 Å². The average molecular weight is 641 g/mol. The summed E-state index contributed by atoms with van der Waals surface area (Å²) in [5.41, 5.74) is 0.901. The summed E-state index contributed by atoms with van der Waals surface area (Å²) in [6.45, 7) is 5.73. The number of rotatable bonds is 10. The number of esters is 3. The molecule has 2 fully saturated rings. The fourth-order valence-electron chi connectivity index (χ4n) is 5.73. The third-order valence-corrected chi connectivity index (χ3v) is 8.26. The first-order chi connectivity index (χ1) is 22.4. The monoisotopic (exact) mass is 640 g/mol. The van der Waals surface area contributed by atoms with Gasteiger partial charge in [-0.1, -0.05) is 97.9 Å². The highest BCUT2D eigenvalue weighted by atomic mass is 16.7. The summed E-state index contributed by atoms with van der Waals surface area (Å²) in [7, 11) is 0. The van der Waals surface area contributed by atoms with Crippen LogP contribution in [-0.4, -0.2) is 65.3 Å². The number of hydrogen-bond donors (Lipinski definition) is 1. The van der Waals surface area contributed by atoms with Crippen LogP contribution in [0.4, 0.5) is 0 Å². The highest BCUT2D eigenvalue weighted by Crippen LogP contribution is 2.38. The van der Waals surface area contributed by atoms with Gasteiger partial charge in [-0.3, -0.25) is 24.0 Å². The Balaban J connectivity index is 1.32. The van der Waals surface area contributed by atoms with Gasteiger partial charge in [-0.15, -0.1) is 0 Å². The molecule has 47 heavy (non-hydrogen) atoms. The number of nitrogens with zero attached hydrogens (tertiary/aromatic N) is 1. The number of fused-ring (bicyclic) bond motifs is 1. The van der Waals surface area contributed by atoms with Crippen molar-refractivity contribution in [3.63, 3.8) is 0 Å². The van der Waals surface area contributed by atoms with E-state index < -0.39 is 83.8 Å². The van der Waals surface area contributed by atoms with E-state index in [1.54, 1.807) is 51.1 Å². The topological polar surface area (TPSA) is 145 Å². The first kappa shape index (κ1) is 33.1. The molecule has 4 unspecified atom stereocenters. The summed E-state index contributed by atoms with van der Waals surface area (Å²) in [6.07, 6.45) is -0.823. The lowest BCUT2D eigenvalue weighted by Gasteiger charge is -2.43. The van der Waals surface area contributed by atoms with E-state index >= 15 is 0 Å². The summed E-state index contributed by atoms with van der Waals surface area (Å²) >= 11 is 0. The van der Waals surface area contributed by atoms with E-state index in [9.17, 15) is 28.8 Å². The Morgan fingerprint density at radius 2 is 1.30 bits per heavy atom. The van der Waals surface area contributed by atoms with Gasteiger partial charge in [-0.2, -0.15) is 0 Å². The van der Waals surface area contributed by atoms with Crippen LogP contribution < -0.4 is 5.32 Å². The Bertz CT molecular complexity index is 1610. The van der Waals surface area contributed by atoms with Crippen LogP contribution in [0.5, 0.6) is 0 Å². The Labute approximate surface area is 272 Å². The molecule has 0 radical (unpaired) electrons. The number of amides is 2. The molecule has 0 saturated carbocycles. The summed E-state index contributed by atoms with van der Waals surface area (Å²) in [5.74, 6) is -6.73. The lowest BCUT2D eigenvalue weighted by atomic mass is 9.91. The maximum Gasteiger partial charge on any atom is 0.332 e. The molecule has 1 N–H and O–H groups in total. The fourth-order valence-corrected chi connectivity index (χ4v) is 5.73. The molecule has 0 spiro atoms. The van der Waals surface area contributed by atoms with E-state index in [-0.39, 0.29) is 0 Å². The zero-order chi connectivity index (χ0) is 33.9. The number of carbonyl (C=O) groups excluding carboxylic acids is 6. The third kappa shape index (κ3) is 6.79. The molecule has 0 aliphatic carbocycles. The molecule has 11 heteroatoms. The minimum absolute atomic E-state index is 0.330. The standard InChI is InChI=1S/C36H36N2O9/c1-21-27(34(43)45-20-46-35(44)36(2,3)4)38-28(29(21)39)26(32(38)41)37-31(40)25(22-14-8-5-9-15-22)33(42)47-30(23-16-10-6-11-17-23)24-18-12-7-13-19-24/h5-19,21,25-28,30H,20H2,1-4H3,(H,37,40)/t21?,25?,26?,27?,28-/m0/s1. The maximum atomic E-state index is 13.9. The molecule has 2 amide bonds. The van der Waals surface area contributed by atoms with Gasteiger partial charge in [0.05, 0.1) is 5.41 Å². The second kappa shape index (κ2) is 13.6. The molecular weight excluding hydrogens is 604 g/mol. The van der Waals surface area contributed by atoms with Crippen molar-refractivity contribution in [3.05, 3.63) is 108 Å². The number of β-lactam (4-membered cyclic amide) rings is 1. The van der Waals surface area contributed by atoms with E-state index in [1.165, 1.54) is 6.92 Å². The predicted molar refractivity (Wildman–Crippen MR) is 167 cm³/mol. The summed E-state index contributed by atoms with van der Waals surface area (Å²) < 4.78 is 16.1. The smallest absolute Gasteiger partial charge is 0.332 e. The molecule has 2 aliphatic rings. The minimum atomic E-state index is -1.47. The van der Waals surface area contributed by atoms with Crippen molar-refractivity contribution >= 4 is 35.5 Å². The number of ether oxygens (including phenoxy) is 3. The van der Waals surface area contributed by atoms with Crippen LogP contribution in [0.15, 0.2) is 91.0 Å². The normalized spacial score (nSPS) is 20.9. The maximum absolute atomic E-state index is 13.9. The number of carbonyl (C=O) groups is 6. The van der Waals surface area contributed by atoms with Crippen molar-refractivity contribution in [1.82, 2.24) is 10.2 Å². The second-order valence-corrected chi connectivity index (χ2v) is 12.6. The molecule has 5 rings (SSSR count).